The molecule has 0 atom stereocenters. The lowest BCUT2D eigenvalue weighted by atomic mass is 10.0. The molecule has 3 aromatic rings. The highest BCUT2D eigenvalue weighted by Gasteiger charge is 2.23. The van der Waals surface area contributed by atoms with Gasteiger partial charge in [0.25, 0.3) is 0 Å². The van der Waals surface area contributed by atoms with Gasteiger partial charge in [-0.2, -0.15) is 0 Å². The number of aliphatic hydroxyl groups excluding tert-OH is 1. The van der Waals surface area contributed by atoms with Crippen LogP contribution < -0.4 is 9.64 Å². The Morgan fingerprint density at radius 2 is 1.74 bits per heavy atom. The van der Waals surface area contributed by atoms with Crippen LogP contribution in [0.3, 0.4) is 0 Å². The van der Waals surface area contributed by atoms with Crippen LogP contribution in [0.15, 0.2) is 48.5 Å². The molecule has 34 heavy (non-hydrogen) atoms. The molecule has 0 bridgehead atoms. The van der Waals surface area contributed by atoms with E-state index in [2.05, 4.69) is 4.90 Å². The summed E-state index contributed by atoms with van der Waals surface area (Å²) < 4.78 is 6.12. The number of carbonyl (C=O) groups is 1. The zero-order chi connectivity index (χ0) is 24.5. The molecule has 0 amide bonds. The summed E-state index contributed by atoms with van der Waals surface area (Å²) in [6.45, 7) is 11.5. The fourth-order valence-corrected chi connectivity index (χ4v) is 4.41. The third-order valence-corrected chi connectivity index (χ3v) is 6.05. The summed E-state index contributed by atoms with van der Waals surface area (Å²) in [7, 11) is 0. The number of rotatable bonds is 5. The first-order valence-corrected chi connectivity index (χ1v) is 12.0. The number of hydrogen-bond donors (Lipinski definition) is 1. The van der Waals surface area contributed by atoms with Crippen LogP contribution in [-0.2, 0) is 0 Å². The molecule has 0 saturated carbocycles. The van der Waals surface area contributed by atoms with Crippen molar-refractivity contribution in [3.63, 3.8) is 0 Å². The molecule has 0 aliphatic carbocycles. The molecule has 0 radical (unpaired) electrons. The molecule has 1 fully saturated rings. The predicted octanol–water partition coefficient (Wildman–Crippen LogP) is 5.89. The van der Waals surface area contributed by atoms with Crippen molar-refractivity contribution in [3.05, 3.63) is 70.8 Å². The van der Waals surface area contributed by atoms with Crippen LogP contribution in [0.25, 0.3) is 17.0 Å². The first-order chi connectivity index (χ1) is 16.1. The van der Waals surface area contributed by atoms with Crippen molar-refractivity contribution in [1.82, 2.24) is 4.98 Å². The van der Waals surface area contributed by atoms with E-state index in [1.165, 1.54) is 0 Å². The van der Waals surface area contributed by atoms with Crippen molar-refractivity contribution in [2.75, 3.05) is 18.0 Å². The van der Waals surface area contributed by atoms with Gasteiger partial charge in [-0.15, -0.1) is 0 Å². The lowest BCUT2D eigenvalue weighted by Gasteiger charge is -2.31. The van der Waals surface area contributed by atoms with Crippen molar-refractivity contribution < 1.29 is 14.6 Å². The van der Waals surface area contributed by atoms with Gasteiger partial charge in [-0.3, -0.25) is 4.79 Å². The quantitative estimate of drug-likeness (QED) is 0.382. The molecular formula is C29H34N2O3. The second-order valence-electron chi connectivity index (χ2n) is 10.2. The van der Waals surface area contributed by atoms with Gasteiger partial charge in [-0.05, 0) is 94.5 Å². The van der Waals surface area contributed by atoms with Crippen molar-refractivity contribution in [1.29, 1.82) is 0 Å². The average Bonchev–Trinajstić information content (AvgIpc) is 2.79. The molecule has 1 N–H and O–H groups in total. The van der Waals surface area contributed by atoms with Crippen LogP contribution in [0.4, 0.5) is 5.82 Å². The Labute approximate surface area is 202 Å². The molecule has 178 valence electrons. The molecule has 1 aliphatic heterocycles. The monoisotopic (exact) mass is 458 g/mol. The number of fused-ring (bicyclic) bond motifs is 1. The Bertz CT molecular complexity index is 1210. The maximum atomic E-state index is 13.4. The third-order valence-electron chi connectivity index (χ3n) is 6.05. The highest BCUT2D eigenvalue weighted by atomic mass is 16.5. The maximum absolute atomic E-state index is 13.4. The van der Waals surface area contributed by atoms with Crippen LogP contribution in [-0.4, -0.2) is 40.7 Å². The Kier molecular flexibility index (Phi) is 6.76. The summed E-state index contributed by atoms with van der Waals surface area (Å²) in [5.74, 6) is 1.51. The molecule has 5 heteroatoms. The van der Waals surface area contributed by atoms with Gasteiger partial charge in [-0.1, -0.05) is 24.3 Å². The van der Waals surface area contributed by atoms with E-state index in [0.29, 0.717) is 37.3 Å². The third kappa shape index (κ3) is 5.48. The minimum absolute atomic E-state index is 0.0790. The molecular weight excluding hydrogens is 424 g/mol. The van der Waals surface area contributed by atoms with E-state index in [4.69, 9.17) is 9.72 Å². The van der Waals surface area contributed by atoms with Crippen molar-refractivity contribution in [2.24, 2.45) is 0 Å². The normalized spacial score (nSPS) is 15.3. The van der Waals surface area contributed by atoms with Gasteiger partial charge in [0.05, 0.1) is 17.2 Å². The summed E-state index contributed by atoms with van der Waals surface area (Å²) in [5, 5.41) is 10.9. The number of anilines is 1. The predicted molar refractivity (Wildman–Crippen MR) is 139 cm³/mol. The first-order valence-electron chi connectivity index (χ1n) is 12.0. The molecule has 1 aromatic heterocycles. The Morgan fingerprint density at radius 3 is 2.38 bits per heavy atom. The minimum atomic E-state index is -0.285. The molecule has 2 heterocycles. The van der Waals surface area contributed by atoms with Crippen LogP contribution in [0.5, 0.6) is 5.75 Å². The number of hydrogen-bond acceptors (Lipinski definition) is 5. The number of ketones is 1. The minimum Gasteiger partial charge on any atom is -0.488 e. The van der Waals surface area contributed by atoms with Crippen LogP contribution >= 0.6 is 0 Å². The van der Waals surface area contributed by atoms with E-state index in [0.717, 1.165) is 33.3 Å². The molecule has 5 nitrogen and oxygen atoms in total. The molecule has 1 saturated heterocycles. The molecule has 0 spiro atoms. The second-order valence-corrected chi connectivity index (χ2v) is 10.2. The second kappa shape index (κ2) is 9.59. The highest BCUT2D eigenvalue weighted by Crippen LogP contribution is 2.30. The Morgan fingerprint density at radius 1 is 1.09 bits per heavy atom. The van der Waals surface area contributed by atoms with Crippen molar-refractivity contribution in [2.45, 2.75) is 59.2 Å². The zero-order valence-electron chi connectivity index (χ0n) is 20.8. The Balaban J connectivity index is 1.65. The van der Waals surface area contributed by atoms with Gasteiger partial charge < -0.3 is 14.7 Å². The van der Waals surface area contributed by atoms with E-state index < -0.39 is 0 Å². The summed E-state index contributed by atoms with van der Waals surface area (Å²) >= 11 is 0. The van der Waals surface area contributed by atoms with Crippen LogP contribution in [0.2, 0.25) is 0 Å². The Hall–Kier alpha value is -3.18. The summed E-state index contributed by atoms with van der Waals surface area (Å²) in [6.07, 6.45) is 4.57. The van der Waals surface area contributed by atoms with E-state index in [1.54, 1.807) is 6.08 Å². The number of pyridine rings is 1. The van der Waals surface area contributed by atoms with E-state index in [9.17, 15) is 9.90 Å². The van der Waals surface area contributed by atoms with E-state index in [1.807, 2.05) is 83.2 Å². The number of para-hydroxylation sites is 1. The standard InChI is InChI=1S/C29H34N2O3/c1-19-16-21(17-20(2)27(19)34-29(3,4)5)10-11-26(33)24-18-22-8-6-7-9-25(22)30-28(24)31-14-12-23(32)13-15-31/h6-11,16-18,23,32H,12-15H2,1-5H3/b11-10+. The number of piperidine rings is 1. The average molecular weight is 459 g/mol. The number of nitrogens with zero attached hydrogens (tertiary/aromatic N) is 2. The van der Waals surface area contributed by atoms with Gasteiger partial charge in [0.2, 0.25) is 0 Å². The lowest BCUT2D eigenvalue weighted by Crippen LogP contribution is -2.37. The first kappa shape index (κ1) is 24.0. The van der Waals surface area contributed by atoms with E-state index >= 15 is 0 Å². The smallest absolute Gasteiger partial charge is 0.189 e. The lowest BCUT2D eigenvalue weighted by molar-refractivity contribution is 0.104. The summed E-state index contributed by atoms with van der Waals surface area (Å²) in [5.41, 5.74) is 4.23. The summed E-state index contributed by atoms with van der Waals surface area (Å²) in [4.78, 5) is 20.4. The van der Waals surface area contributed by atoms with Crippen LogP contribution in [0, 0.1) is 13.8 Å². The topological polar surface area (TPSA) is 62.7 Å². The van der Waals surface area contributed by atoms with Gasteiger partial charge in [0.1, 0.15) is 17.2 Å². The van der Waals surface area contributed by atoms with E-state index in [-0.39, 0.29) is 17.5 Å². The number of benzene rings is 2. The molecule has 1 aliphatic rings. The number of aliphatic hydroxyl groups is 1. The van der Waals surface area contributed by atoms with Crippen molar-refractivity contribution in [3.8, 4) is 5.75 Å². The molecule has 0 unspecified atom stereocenters. The zero-order valence-corrected chi connectivity index (χ0v) is 20.8. The molecule has 2 aromatic carbocycles. The number of carbonyl (C=O) groups excluding carboxylic acids is 1. The van der Waals surface area contributed by atoms with Gasteiger partial charge in [-0.25, -0.2) is 4.98 Å². The van der Waals surface area contributed by atoms with Gasteiger partial charge in [0.15, 0.2) is 5.78 Å². The summed E-state index contributed by atoms with van der Waals surface area (Å²) in [6, 6.07) is 13.9. The number of aromatic nitrogens is 1. The van der Waals surface area contributed by atoms with Gasteiger partial charge >= 0.3 is 0 Å². The SMILES string of the molecule is Cc1cc(/C=C/C(=O)c2cc3ccccc3nc2N2CCC(O)CC2)cc(C)c1OC(C)(C)C. The fourth-order valence-electron chi connectivity index (χ4n) is 4.41. The maximum Gasteiger partial charge on any atom is 0.189 e. The number of allylic oxidation sites excluding steroid dienone is 1. The highest BCUT2D eigenvalue weighted by molar-refractivity contribution is 6.11. The van der Waals surface area contributed by atoms with Crippen molar-refractivity contribution >= 4 is 28.6 Å². The fraction of sp³-hybridized carbons (Fsp3) is 0.379. The van der Waals surface area contributed by atoms with Gasteiger partial charge in [0, 0.05) is 18.5 Å². The molecule has 4 rings (SSSR count). The number of aryl methyl sites for hydroxylation is 2. The van der Waals surface area contributed by atoms with Crippen LogP contribution in [0.1, 0.15) is 60.7 Å². The largest absolute Gasteiger partial charge is 0.488 e. The number of ether oxygens (including phenoxy) is 1.